The second-order valence-electron chi connectivity index (χ2n) is 6.75. The van der Waals surface area contributed by atoms with Crippen LogP contribution in [0.4, 0.5) is 0 Å². The predicted octanol–water partition coefficient (Wildman–Crippen LogP) is 3.42. The number of ether oxygens (including phenoxy) is 1. The molecule has 0 aliphatic rings. The molecule has 1 rings (SSSR count). The fraction of sp³-hybridized carbons (Fsp3) is 0.474. The van der Waals surface area contributed by atoms with Crippen molar-refractivity contribution in [1.82, 2.24) is 4.90 Å². The zero-order chi connectivity index (χ0) is 17.6. The molecule has 126 valence electrons. The van der Waals surface area contributed by atoms with Crippen LogP contribution in [0.1, 0.15) is 43.6 Å². The number of amides is 1. The lowest BCUT2D eigenvalue weighted by Crippen LogP contribution is -2.37. The zero-order valence-corrected chi connectivity index (χ0v) is 14.8. The van der Waals surface area contributed by atoms with Crippen LogP contribution in [-0.4, -0.2) is 37.0 Å². The summed E-state index contributed by atoms with van der Waals surface area (Å²) >= 11 is 0. The van der Waals surface area contributed by atoms with Gasteiger partial charge in [0.25, 0.3) is 5.91 Å². The molecular weight excluding hydrogens is 290 g/mol. The predicted molar refractivity (Wildman–Crippen MR) is 92.4 cm³/mol. The van der Waals surface area contributed by atoms with Crippen LogP contribution in [0.3, 0.4) is 0 Å². The van der Waals surface area contributed by atoms with E-state index in [9.17, 15) is 9.59 Å². The van der Waals surface area contributed by atoms with Crippen LogP contribution >= 0.6 is 0 Å². The van der Waals surface area contributed by atoms with Gasteiger partial charge in [0.05, 0.1) is 13.0 Å². The van der Waals surface area contributed by atoms with E-state index in [-0.39, 0.29) is 23.2 Å². The summed E-state index contributed by atoms with van der Waals surface area (Å²) in [5.74, 6) is -0.811. The van der Waals surface area contributed by atoms with E-state index in [1.807, 2.05) is 24.3 Å². The number of methoxy groups -OCH3 is 1. The van der Waals surface area contributed by atoms with E-state index >= 15 is 0 Å². The molecule has 1 amide bonds. The van der Waals surface area contributed by atoms with Crippen LogP contribution in [-0.2, 0) is 14.9 Å². The number of hydrogen-bond donors (Lipinski definition) is 0. The van der Waals surface area contributed by atoms with Crippen molar-refractivity contribution in [2.24, 2.45) is 5.92 Å². The Kier molecular flexibility index (Phi) is 6.55. The summed E-state index contributed by atoms with van der Waals surface area (Å²) < 4.78 is 4.73. The first kappa shape index (κ1) is 18.9. The molecule has 0 fully saturated rings. The number of esters is 1. The Morgan fingerprint density at radius 2 is 1.83 bits per heavy atom. The van der Waals surface area contributed by atoms with E-state index in [2.05, 4.69) is 27.4 Å². The summed E-state index contributed by atoms with van der Waals surface area (Å²) in [6, 6.07) is 7.62. The van der Waals surface area contributed by atoms with Gasteiger partial charge in [-0.1, -0.05) is 45.9 Å². The lowest BCUT2D eigenvalue weighted by Gasteiger charge is -2.24. The highest BCUT2D eigenvalue weighted by Gasteiger charge is 2.22. The highest BCUT2D eigenvalue weighted by Crippen LogP contribution is 2.22. The van der Waals surface area contributed by atoms with Gasteiger partial charge in [0, 0.05) is 18.7 Å². The van der Waals surface area contributed by atoms with Gasteiger partial charge in [-0.3, -0.25) is 9.59 Å². The molecule has 1 aromatic carbocycles. The van der Waals surface area contributed by atoms with Crippen molar-refractivity contribution in [3.8, 4) is 0 Å². The lowest BCUT2D eigenvalue weighted by molar-refractivity contribution is -0.145. The van der Waals surface area contributed by atoms with Crippen molar-refractivity contribution in [1.29, 1.82) is 0 Å². The van der Waals surface area contributed by atoms with Gasteiger partial charge in [-0.15, -0.1) is 6.58 Å². The van der Waals surface area contributed by atoms with E-state index in [4.69, 9.17) is 4.74 Å². The largest absolute Gasteiger partial charge is 0.469 e. The number of hydrogen-bond acceptors (Lipinski definition) is 3. The molecule has 4 nitrogen and oxygen atoms in total. The first-order valence-corrected chi connectivity index (χ1v) is 7.79. The molecule has 0 saturated heterocycles. The van der Waals surface area contributed by atoms with E-state index < -0.39 is 0 Å². The minimum absolute atomic E-state index is 0.0434. The maximum absolute atomic E-state index is 12.7. The highest BCUT2D eigenvalue weighted by molar-refractivity contribution is 5.94. The van der Waals surface area contributed by atoms with Crippen molar-refractivity contribution < 1.29 is 14.3 Å². The molecule has 0 aliphatic heterocycles. The molecule has 0 aliphatic carbocycles. The second-order valence-corrected chi connectivity index (χ2v) is 6.75. The molecule has 0 spiro atoms. The van der Waals surface area contributed by atoms with Crippen LogP contribution in [0.25, 0.3) is 0 Å². The highest BCUT2D eigenvalue weighted by atomic mass is 16.5. The molecule has 0 aromatic heterocycles. The molecule has 0 saturated carbocycles. The zero-order valence-electron chi connectivity index (χ0n) is 14.8. The van der Waals surface area contributed by atoms with Gasteiger partial charge >= 0.3 is 5.97 Å². The molecule has 0 heterocycles. The van der Waals surface area contributed by atoms with Crippen molar-refractivity contribution in [2.45, 2.75) is 33.1 Å². The van der Waals surface area contributed by atoms with E-state index in [1.54, 1.807) is 17.9 Å². The summed E-state index contributed by atoms with van der Waals surface area (Å²) in [7, 11) is 1.35. The van der Waals surface area contributed by atoms with Crippen LogP contribution < -0.4 is 0 Å². The third kappa shape index (κ3) is 5.23. The van der Waals surface area contributed by atoms with Gasteiger partial charge in [0.15, 0.2) is 0 Å². The van der Waals surface area contributed by atoms with Crippen LogP contribution in [0.5, 0.6) is 0 Å². The van der Waals surface area contributed by atoms with Crippen LogP contribution in [0.2, 0.25) is 0 Å². The Morgan fingerprint density at radius 1 is 1.26 bits per heavy atom. The molecular formula is C19H27NO3. The third-order valence-corrected chi connectivity index (χ3v) is 3.73. The molecule has 0 radical (unpaired) electrons. The van der Waals surface area contributed by atoms with Gasteiger partial charge in [-0.25, -0.2) is 0 Å². The van der Waals surface area contributed by atoms with Crippen molar-refractivity contribution >= 4 is 11.9 Å². The maximum atomic E-state index is 12.7. The number of carbonyl (C=O) groups excluding carboxylic acids is 2. The summed E-state index contributed by atoms with van der Waals surface area (Å²) in [6.07, 6.45) is 1.66. The first-order chi connectivity index (χ1) is 10.7. The monoisotopic (exact) mass is 317 g/mol. The first-order valence-electron chi connectivity index (χ1n) is 7.79. The number of rotatable bonds is 6. The van der Waals surface area contributed by atoms with Gasteiger partial charge in [0.1, 0.15) is 0 Å². The summed E-state index contributed by atoms with van der Waals surface area (Å²) in [5.41, 5.74) is 1.83. The van der Waals surface area contributed by atoms with Crippen molar-refractivity contribution in [2.75, 3.05) is 20.2 Å². The topological polar surface area (TPSA) is 46.6 Å². The molecule has 0 bridgehead atoms. The Labute approximate surface area is 139 Å². The summed E-state index contributed by atoms with van der Waals surface area (Å²) in [6.45, 7) is 12.5. The molecule has 1 aromatic rings. The second kappa shape index (κ2) is 7.95. The SMILES string of the molecule is C=CCN(CC(C)C(=O)OC)C(=O)c1ccc(C(C)(C)C)cc1. The smallest absolute Gasteiger partial charge is 0.310 e. The fourth-order valence-corrected chi connectivity index (χ4v) is 2.30. The lowest BCUT2D eigenvalue weighted by atomic mass is 9.86. The fourth-order valence-electron chi connectivity index (χ4n) is 2.30. The quantitative estimate of drug-likeness (QED) is 0.596. The van der Waals surface area contributed by atoms with Crippen molar-refractivity contribution in [3.05, 3.63) is 48.0 Å². The normalized spacial score (nSPS) is 12.4. The maximum Gasteiger partial charge on any atom is 0.310 e. The van der Waals surface area contributed by atoms with Crippen LogP contribution in [0.15, 0.2) is 36.9 Å². The average molecular weight is 317 g/mol. The average Bonchev–Trinajstić information content (AvgIpc) is 2.52. The Morgan fingerprint density at radius 3 is 2.26 bits per heavy atom. The van der Waals surface area contributed by atoms with Gasteiger partial charge < -0.3 is 9.64 Å². The molecule has 1 atom stereocenters. The van der Waals surface area contributed by atoms with Crippen LogP contribution in [0, 0.1) is 5.92 Å². The number of benzene rings is 1. The number of carbonyl (C=O) groups is 2. The minimum atomic E-state index is -0.377. The van der Waals surface area contributed by atoms with Gasteiger partial charge in [0.2, 0.25) is 0 Å². The molecule has 4 heteroatoms. The van der Waals surface area contributed by atoms with E-state index in [0.29, 0.717) is 18.7 Å². The third-order valence-electron chi connectivity index (χ3n) is 3.73. The Hall–Kier alpha value is -2.10. The molecule has 1 unspecified atom stereocenters. The van der Waals surface area contributed by atoms with E-state index in [1.165, 1.54) is 12.7 Å². The summed E-state index contributed by atoms with van der Waals surface area (Å²) in [4.78, 5) is 25.9. The Balaban J connectivity index is 2.93. The van der Waals surface area contributed by atoms with Gasteiger partial charge in [-0.2, -0.15) is 0 Å². The van der Waals surface area contributed by atoms with E-state index in [0.717, 1.165) is 0 Å². The van der Waals surface area contributed by atoms with Gasteiger partial charge in [-0.05, 0) is 23.1 Å². The summed E-state index contributed by atoms with van der Waals surface area (Å²) in [5, 5.41) is 0. The minimum Gasteiger partial charge on any atom is -0.469 e. The number of nitrogens with zero attached hydrogens (tertiary/aromatic N) is 1. The standard InChI is InChI=1S/C19H27NO3/c1-7-12-20(13-14(2)18(22)23-6)17(21)15-8-10-16(11-9-15)19(3,4)5/h7-11,14H,1,12-13H2,2-6H3. The van der Waals surface area contributed by atoms with Crippen molar-refractivity contribution in [3.63, 3.8) is 0 Å². The molecule has 23 heavy (non-hydrogen) atoms. The molecule has 0 N–H and O–H groups in total. The Bertz CT molecular complexity index is 555.